The lowest BCUT2D eigenvalue weighted by Crippen LogP contribution is -2.46. The number of nitrogen functional groups attached to an aromatic ring is 1. The van der Waals surface area contributed by atoms with E-state index in [2.05, 4.69) is 4.98 Å². The summed E-state index contributed by atoms with van der Waals surface area (Å²) >= 11 is 0. The number of piperidine rings is 1. The van der Waals surface area contributed by atoms with Gasteiger partial charge in [-0.2, -0.15) is 0 Å². The molecule has 1 saturated heterocycles. The Labute approximate surface area is 125 Å². The minimum atomic E-state index is -0.480. The highest BCUT2D eigenvalue weighted by molar-refractivity contribution is 5.68. The predicted octanol–water partition coefficient (Wildman–Crippen LogP) is 2.44. The fourth-order valence-electron chi connectivity index (χ4n) is 2.18. The summed E-state index contributed by atoms with van der Waals surface area (Å²) in [6.07, 6.45) is 3.07. The fourth-order valence-corrected chi connectivity index (χ4v) is 2.18. The van der Waals surface area contributed by atoms with Gasteiger partial charge >= 0.3 is 6.09 Å². The van der Waals surface area contributed by atoms with Crippen LogP contribution in [-0.4, -0.2) is 40.8 Å². The summed E-state index contributed by atoms with van der Waals surface area (Å²) in [6, 6.07) is 3.48. The van der Waals surface area contributed by atoms with Gasteiger partial charge in [-0.05, 0) is 45.7 Å². The van der Waals surface area contributed by atoms with Crippen molar-refractivity contribution in [3.05, 3.63) is 18.3 Å². The van der Waals surface area contributed by atoms with Gasteiger partial charge in [0.25, 0.3) is 0 Å². The third-order valence-corrected chi connectivity index (χ3v) is 3.09. The van der Waals surface area contributed by atoms with Crippen LogP contribution in [0.4, 0.5) is 10.6 Å². The zero-order valence-electron chi connectivity index (χ0n) is 12.8. The number of nitrogens with two attached hydrogens (primary N) is 1. The highest BCUT2D eigenvalue weighted by Gasteiger charge is 2.28. The fraction of sp³-hybridized carbons (Fsp3) is 0.600. The van der Waals surface area contributed by atoms with Gasteiger partial charge in [0.15, 0.2) is 0 Å². The van der Waals surface area contributed by atoms with E-state index in [0.29, 0.717) is 24.7 Å². The van der Waals surface area contributed by atoms with Crippen molar-refractivity contribution in [2.75, 3.05) is 18.8 Å². The second-order valence-corrected chi connectivity index (χ2v) is 6.23. The van der Waals surface area contributed by atoms with E-state index in [1.807, 2.05) is 20.8 Å². The highest BCUT2D eigenvalue weighted by atomic mass is 16.6. The number of hydrogen-bond acceptors (Lipinski definition) is 5. The van der Waals surface area contributed by atoms with Crippen LogP contribution >= 0.6 is 0 Å². The van der Waals surface area contributed by atoms with E-state index in [4.69, 9.17) is 15.2 Å². The van der Waals surface area contributed by atoms with Crippen molar-refractivity contribution >= 4 is 11.9 Å². The summed E-state index contributed by atoms with van der Waals surface area (Å²) in [6.45, 7) is 6.82. The van der Waals surface area contributed by atoms with E-state index in [1.54, 1.807) is 23.2 Å². The molecule has 0 aliphatic carbocycles. The van der Waals surface area contributed by atoms with Crippen LogP contribution < -0.4 is 10.5 Å². The van der Waals surface area contributed by atoms with Crippen LogP contribution in [-0.2, 0) is 4.74 Å². The molecule has 2 heterocycles. The van der Waals surface area contributed by atoms with Crippen molar-refractivity contribution in [2.45, 2.75) is 45.3 Å². The molecule has 0 aromatic carbocycles. The third kappa shape index (κ3) is 4.81. The first kappa shape index (κ1) is 15.4. The van der Waals surface area contributed by atoms with Crippen LogP contribution in [0.15, 0.2) is 18.3 Å². The number of nitrogens with zero attached hydrogens (tertiary/aromatic N) is 2. The van der Waals surface area contributed by atoms with Gasteiger partial charge in [0, 0.05) is 6.54 Å². The van der Waals surface area contributed by atoms with Gasteiger partial charge in [-0.25, -0.2) is 9.78 Å². The Bertz CT molecular complexity index is 482. The molecule has 0 radical (unpaired) electrons. The van der Waals surface area contributed by atoms with Crippen molar-refractivity contribution in [3.8, 4) is 5.75 Å². The number of amides is 1. The molecule has 1 aromatic heterocycles. The van der Waals surface area contributed by atoms with Crippen LogP contribution in [0.2, 0.25) is 0 Å². The Morgan fingerprint density at radius 1 is 1.43 bits per heavy atom. The van der Waals surface area contributed by atoms with Crippen LogP contribution in [0.5, 0.6) is 5.75 Å². The Morgan fingerprint density at radius 2 is 2.19 bits per heavy atom. The molecule has 6 nitrogen and oxygen atoms in total. The van der Waals surface area contributed by atoms with Crippen molar-refractivity contribution < 1.29 is 14.3 Å². The first-order valence-corrected chi connectivity index (χ1v) is 7.19. The van der Waals surface area contributed by atoms with Crippen LogP contribution in [0.3, 0.4) is 0 Å². The largest absolute Gasteiger partial charge is 0.487 e. The maximum Gasteiger partial charge on any atom is 0.410 e. The number of pyridine rings is 1. The molecule has 1 aliphatic rings. The van der Waals surface area contributed by atoms with Gasteiger partial charge in [-0.1, -0.05) is 0 Å². The minimum Gasteiger partial charge on any atom is -0.487 e. The van der Waals surface area contributed by atoms with Gasteiger partial charge in [0.2, 0.25) is 0 Å². The molecule has 1 atom stereocenters. The number of anilines is 1. The number of rotatable bonds is 2. The molecule has 116 valence electrons. The molecule has 1 aliphatic heterocycles. The number of ether oxygens (including phenoxy) is 2. The second kappa shape index (κ2) is 6.20. The summed E-state index contributed by atoms with van der Waals surface area (Å²) in [5.41, 5.74) is 5.06. The minimum absolute atomic E-state index is 0.0447. The van der Waals surface area contributed by atoms with E-state index < -0.39 is 5.60 Å². The number of carbonyl (C=O) groups is 1. The first-order chi connectivity index (χ1) is 9.83. The number of aromatic nitrogens is 1. The number of hydrogen-bond donors (Lipinski definition) is 1. The third-order valence-electron chi connectivity index (χ3n) is 3.09. The second-order valence-electron chi connectivity index (χ2n) is 6.23. The topological polar surface area (TPSA) is 77.7 Å². The Hall–Kier alpha value is -1.98. The van der Waals surface area contributed by atoms with E-state index in [9.17, 15) is 4.79 Å². The number of carbonyl (C=O) groups excluding carboxylic acids is 1. The zero-order valence-corrected chi connectivity index (χ0v) is 12.8. The molecule has 0 bridgehead atoms. The molecule has 1 fully saturated rings. The van der Waals surface area contributed by atoms with Crippen molar-refractivity contribution in [1.82, 2.24) is 9.88 Å². The van der Waals surface area contributed by atoms with E-state index >= 15 is 0 Å². The van der Waals surface area contributed by atoms with Gasteiger partial charge < -0.3 is 20.1 Å². The molecule has 2 rings (SSSR count). The molecule has 21 heavy (non-hydrogen) atoms. The molecule has 1 amide bonds. The molecule has 2 N–H and O–H groups in total. The standard InChI is InChI=1S/C15H23N3O3/c1-15(2,3)21-14(19)18-8-4-5-12(10-18)20-11-6-7-13(16)17-9-11/h6-7,9,12H,4-5,8,10H2,1-3H3,(H2,16,17). The Morgan fingerprint density at radius 3 is 2.81 bits per heavy atom. The van der Waals surface area contributed by atoms with Crippen molar-refractivity contribution in [1.29, 1.82) is 0 Å². The maximum absolute atomic E-state index is 12.1. The average molecular weight is 293 g/mol. The predicted molar refractivity (Wildman–Crippen MR) is 80.1 cm³/mol. The summed E-state index contributed by atoms with van der Waals surface area (Å²) in [7, 11) is 0. The Balaban J connectivity index is 1.91. The molecule has 0 spiro atoms. The highest BCUT2D eigenvalue weighted by Crippen LogP contribution is 2.20. The molecule has 0 saturated carbocycles. The van der Waals surface area contributed by atoms with Crippen LogP contribution in [0.1, 0.15) is 33.6 Å². The monoisotopic (exact) mass is 293 g/mol. The summed E-state index contributed by atoms with van der Waals surface area (Å²) in [5, 5.41) is 0. The first-order valence-electron chi connectivity index (χ1n) is 7.19. The summed E-state index contributed by atoms with van der Waals surface area (Å²) in [5.74, 6) is 1.13. The van der Waals surface area contributed by atoms with E-state index in [-0.39, 0.29) is 12.2 Å². The normalized spacial score (nSPS) is 19.2. The zero-order chi connectivity index (χ0) is 15.5. The van der Waals surface area contributed by atoms with Crippen LogP contribution in [0.25, 0.3) is 0 Å². The van der Waals surface area contributed by atoms with Crippen molar-refractivity contribution in [3.63, 3.8) is 0 Å². The lowest BCUT2D eigenvalue weighted by atomic mass is 10.1. The molecular weight excluding hydrogens is 270 g/mol. The van der Waals surface area contributed by atoms with Gasteiger partial charge in [0.1, 0.15) is 23.3 Å². The van der Waals surface area contributed by atoms with Crippen LogP contribution in [0, 0.1) is 0 Å². The average Bonchev–Trinajstić information content (AvgIpc) is 2.40. The maximum atomic E-state index is 12.1. The van der Waals surface area contributed by atoms with Gasteiger partial charge in [0.05, 0.1) is 12.7 Å². The number of likely N-dealkylation sites (tertiary alicyclic amines) is 1. The molecular formula is C15H23N3O3. The lowest BCUT2D eigenvalue weighted by Gasteiger charge is -2.34. The van der Waals surface area contributed by atoms with Crippen molar-refractivity contribution in [2.24, 2.45) is 0 Å². The lowest BCUT2D eigenvalue weighted by molar-refractivity contribution is 0.00773. The van der Waals surface area contributed by atoms with Gasteiger partial charge in [-0.15, -0.1) is 0 Å². The quantitative estimate of drug-likeness (QED) is 0.906. The molecule has 6 heteroatoms. The SMILES string of the molecule is CC(C)(C)OC(=O)N1CCCC(Oc2ccc(N)nc2)C1. The van der Waals surface area contributed by atoms with E-state index in [1.165, 1.54) is 0 Å². The molecule has 1 unspecified atom stereocenters. The summed E-state index contributed by atoms with van der Waals surface area (Å²) in [4.78, 5) is 17.8. The molecule has 1 aromatic rings. The summed E-state index contributed by atoms with van der Waals surface area (Å²) < 4.78 is 11.2. The van der Waals surface area contributed by atoms with Gasteiger partial charge in [-0.3, -0.25) is 0 Å². The van der Waals surface area contributed by atoms with E-state index in [0.717, 1.165) is 12.8 Å². The smallest absolute Gasteiger partial charge is 0.410 e. The Kier molecular flexibility index (Phi) is 4.55.